The van der Waals surface area contributed by atoms with Crippen LogP contribution in [0.3, 0.4) is 0 Å². The Balaban J connectivity index is 1.95. The van der Waals surface area contributed by atoms with Crippen LogP contribution < -0.4 is 10.6 Å². The molecule has 0 spiro atoms. The molecule has 0 aromatic heterocycles. The van der Waals surface area contributed by atoms with Crippen LogP contribution in [0.1, 0.15) is 18.4 Å². The Morgan fingerprint density at radius 2 is 2.09 bits per heavy atom. The zero-order valence-electron chi connectivity index (χ0n) is 13.3. The lowest BCUT2D eigenvalue weighted by Crippen LogP contribution is -2.50. The Kier molecular flexibility index (Phi) is 6.06. The van der Waals surface area contributed by atoms with E-state index in [4.69, 9.17) is 4.74 Å². The molecule has 1 amide bonds. The molecule has 0 atom stereocenters. The monoisotopic (exact) mass is 321 g/mol. The Labute approximate surface area is 135 Å². The first-order valence-corrected chi connectivity index (χ1v) is 7.79. The van der Waals surface area contributed by atoms with Crippen molar-refractivity contribution in [1.82, 2.24) is 10.6 Å². The van der Waals surface area contributed by atoms with Crippen molar-refractivity contribution < 1.29 is 14.5 Å². The summed E-state index contributed by atoms with van der Waals surface area (Å²) in [5.41, 5.74) is 0.224. The fourth-order valence-corrected chi connectivity index (χ4v) is 3.02. The number of piperidine rings is 1. The van der Waals surface area contributed by atoms with Gasteiger partial charge in [0.05, 0.1) is 16.9 Å². The number of nitrogens with zero attached hydrogens (tertiary/aromatic N) is 1. The van der Waals surface area contributed by atoms with E-state index in [9.17, 15) is 14.9 Å². The minimum atomic E-state index is -0.497. The first-order chi connectivity index (χ1) is 11.1. The molecular formula is C16H23N3O4. The predicted octanol–water partition coefficient (Wildman–Crippen LogP) is 1.27. The number of para-hydroxylation sites is 1. The Morgan fingerprint density at radius 3 is 2.74 bits per heavy atom. The summed E-state index contributed by atoms with van der Waals surface area (Å²) in [5, 5.41) is 17.2. The summed E-state index contributed by atoms with van der Waals surface area (Å²) in [4.78, 5) is 23.2. The Bertz CT molecular complexity index is 551. The molecule has 0 aliphatic carbocycles. The van der Waals surface area contributed by atoms with E-state index in [1.54, 1.807) is 25.3 Å². The lowest BCUT2D eigenvalue weighted by Gasteiger charge is -2.35. The molecule has 1 fully saturated rings. The molecule has 1 aliphatic rings. The average Bonchev–Trinajstić information content (AvgIpc) is 2.56. The van der Waals surface area contributed by atoms with Gasteiger partial charge in [-0.3, -0.25) is 14.9 Å². The number of benzene rings is 1. The van der Waals surface area contributed by atoms with Crippen LogP contribution in [0, 0.1) is 15.5 Å². The molecule has 7 nitrogen and oxygen atoms in total. The highest BCUT2D eigenvalue weighted by atomic mass is 16.6. The number of rotatable bonds is 7. The van der Waals surface area contributed by atoms with Gasteiger partial charge in [0.25, 0.3) is 5.69 Å². The summed E-state index contributed by atoms with van der Waals surface area (Å²) in [7, 11) is 1.60. The van der Waals surface area contributed by atoms with Crippen molar-refractivity contribution >= 4 is 11.6 Å². The fourth-order valence-electron chi connectivity index (χ4n) is 3.02. The van der Waals surface area contributed by atoms with E-state index in [-0.39, 0.29) is 11.6 Å². The molecule has 0 bridgehead atoms. The van der Waals surface area contributed by atoms with Crippen molar-refractivity contribution in [2.45, 2.75) is 19.3 Å². The Hall–Kier alpha value is -1.99. The second-order valence-electron chi connectivity index (χ2n) is 5.86. The van der Waals surface area contributed by atoms with Crippen molar-refractivity contribution in [1.29, 1.82) is 0 Å². The highest BCUT2D eigenvalue weighted by Crippen LogP contribution is 2.29. The molecule has 2 rings (SSSR count). The summed E-state index contributed by atoms with van der Waals surface area (Å²) >= 11 is 0. The lowest BCUT2D eigenvalue weighted by atomic mass is 9.78. The van der Waals surface area contributed by atoms with Crippen LogP contribution in [0.4, 0.5) is 5.69 Å². The van der Waals surface area contributed by atoms with Crippen LogP contribution in [0.5, 0.6) is 0 Å². The van der Waals surface area contributed by atoms with E-state index in [0.29, 0.717) is 25.1 Å². The molecule has 1 aliphatic heterocycles. The second kappa shape index (κ2) is 8.03. The lowest BCUT2D eigenvalue weighted by molar-refractivity contribution is -0.385. The minimum Gasteiger partial charge on any atom is -0.384 e. The molecule has 7 heteroatoms. The van der Waals surface area contributed by atoms with Gasteiger partial charge >= 0.3 is 0 Å². The molecule has 23 heavy (non-hydrogen) atoms. The first-order valence-electron chi connectivity index (χ1n) is 7.79. The highest BCUT2D eigenvalue weighted by molar-refractivity contribution is 5.83. The van der Waals surface area contributed by atoms with Gasteiger partial charge in [-0.2, -0.15) is 0 Å². The predicted molar refractivity (Wildman–Crippen MR) is 86.2 cm³/mol. The number of methoxy groups -OCH3 is 1. The van der Waals surface area contributed by atoms with Gasteiger partial charge in [0.1, 0.15) is 0 Å². The molecule has 0 radical (unpaired) electrons. The molecule has 0 saturated carbocycles. The first kappa shape index (κ1) is 17.4. The number of hydrogen-bond donors (Lipinski definition) is 2. The third-order valence-corrected chi connectivity index (χ3v) is 4.33. The molecular weight excluding hydrogens is 298 g/mol. The number of nitro groups is 1. The van der Waals surface area contributed by atoms with Crippen LogP contribution in [-0.2, 0) is 16.0 Å². The van der Waals surface area contributed by atoms with Crippen LogP contribution in [-0.4, -0.2) is 44.2 Å². The summed E-state index contributed by atoms with van der Waals surface area (Å²) in [6.07, 6.45) is 1.90. The molecule has 1 aromatic carbocycles. The summed E-state index contributed by atoms with van der Waals surface area (Å²) in [5.74, 6) is -0.0283. The average molecular weight is 321 g/mol. The molecule has 1 heterocycles. The number of carbonyl (C=O) groups excluding carboxylic acids is 1. The fraction of sp³-hybridized carbons (Fsp3) is 0.562. The van der Waals surface area contributed by atoms with Gasteiger partial charge < -0.3 is 15.4 Å². The molecule has 2 N–H and O–H groups in total. The summed E-state index contributed by atoms with van der Waals surface area (Å²) in [6.45, 7) is 2.36. The number of nitro benzene ring substituents is 1. The third kappa shape index (κ3) is 4.27. The third-order valence-electron chi connectivity index (χ3n) is 4.33. The maximum atomic E-state index is 12.6. The van der Waals surface area contributed by atoms with Crippen molar-refractivity contribution in [3.8, 4) is 0 Å². The van der Waals surface area contributed by atoms with Crippen LogP contribution in [0.2, 0.25) is 0 Å². The van der Waals surface area contributed by atoms with Crippen LogP contribution in [0.25, 0.3) is 0 Å². The number of hydrogen-bond acceptors (Lipinski definition) is 5. The van der Waals surface area contributed by atoms with Gasteiger partial charge in [-0.25, -0.2) is 0 Å². The van der Waals surface area contributed by atoms with Crippen LogP contribution >= 0.6 is 0 Å². The highest BCUT2D eigenvalue weighted by Gasteiger charge is 2.39. The van der Waals surface area contributed by atoms with Gasteiger partial charge in [-0.05, 0) is 32.4 Å². The Morgan fingerprint density at radius 1 is 1.39 bits per heavy atom. The molecule has 126 valence electrons. The van der Waals surface area contributed by atoms with E-state index in [1.165, 1.54) is 6.07 Å². The van der Waals surface area contributed by atoms with Crippen LogP contribution in [0.15, 0.2) is 24.3 Å². The van der Waals surface area contributed by atoms with Crippen molar-refractivity contribution in [2.24, 2.45) is 5.41 Å². The second-order valence-corrected chi connectivity index (χ2v) is 5.86. The number of ether oxygens (including phenoxy) is 1. The van der Waals surface area contributed by atoms with Gasteiger partial charge in [0.15, 0.2) is 0 Å². The van der Waals surface area contributed by atoms with Gasteiger partial charge in [0.2, 0.25) is 5.91 Å². The minimum absolute atomic E-state index is 0.0283. The standard InChI is InChI=1S/C16H23N3O4/c1-23-12-16(7-10-17-11-8-16)15(20)18-9-6-13-4-2-3-5-14(13)19(21)22/h2-5,17H,6-12H2,1H3,(H,18,20). The molecule has 0 unspecified atom stereocenters. The van der Waals surface area contributed by atoms with Gasteiger partial charge in [0, 0.05) is 25.3 Å². The maximum absolute atomic E-state index is 12.6. The van der Waals surface area contributed by atoms with E-state index in [0.717, 1.165) is 25.9 Å². The zero-order valence-corrected chi connectivity index (χ0v) is 13.3. The van der Waals surface area contributed by atoms with E-state index < -0.39 is 10.3 Å². The number of nitrogens with one attached hydrogen (secondary N) is 2. The van der Waals surface area contributed by atoms with Gasteiger partial charge in [-0.1, -0.05) is 18.2 Å². The van der Waals surface area contributed by atoms with E-state index in [2.05, 4.69) is 10.6 Å². The number of amides is 1. The largest absolute Gasteiger partial charge is 0.384 e. The van der Waals surface area contributed by atoms with Crippen molar-refractivity contribution in [2.75, 3.05) is 33.4 Å². The zero-order chi connectivity index (χ0) is 16.7. The smallest absolute Gasteiger partial charge is 0.272 e. The molecule has 1 saturated heterocycles. The van der Waals surface area contributed by atoms with Gasteiger partial charge in [-0.15, -0.1) is 0 Å². The van der Waals surface area contributed by atoms with E-state index >= 15 is 0 Å². The van der Waals surface area contributed by atoms with Crippen molar-refractivity contribution in [3.63, 3.8) is 0 Å². The van der Waals surface area contributed by atoms with Crippen molar-refractivity contribution in [3.05, 3.63) is 39.9 Å². The quantitative estimate of drug-likeness (QED) is 0.583. The SMILES string of the molecule is COCC1(C(=O)NCCc2ccccc2[N+](=O)[O-])CCNCC1. The maximum Gasteiger partial charge on any atom is 0.272 e. The molecule has 1 aromatic rings. The van der Waals surface area contributed by atoms with E-state index in [1.807, 2.05) is 0 Å². The summed E-state index contributed by atoms with van der Waals surface area (Å²) < 4.78 is 5.24. The topological polar surface area (TPSA) is 93.5 Å². The normalized spacial score (nSPS) is 16.7. The summed E-state index contributed by atoms with van der Waals surface area (Å²) in [6, 6.07) is 6.61. The number of carbonyl (C=O) groups is 1.